The molecule has 4 rings (SSSR count). The number of fused-ring (bicyclic) bond motifs is 3. The number of aryl methyl sites for hydroxylation is 1. The number of rotatable bonds is 7. The second-order valence-electron chi connectivity index (χ2n) is 6.87. The molecule has 146 valence electrons. The minimum atomic E-state index is -0.112. The van der Waals surface area contributed by atoms with Crippen LogP contribution in [0.2, 0.25) is 0 Å². The van der Waals surface area contributed by atoms with Gasteiger partial charge in [0.05, 0.1) is 28.8 Å². The SMILES string of the molecule is CNc1nc2cnc3[nH]c(-c4cccc([C@@H](N)CCCOC)n4)cc3c2n1C. The van der Waals surface area contributed by atoms with Crippen LogP contribution >= 0.6 is 0 Å². The summed E-state index contributed by atoms with van der Waals surface area (Å²) >= 11 is 0. The van der Waals surface area contributed by atoms with Crippen molar-refractivity contribution in [3.05, 3.63) is 36.2 Å². The van der Waals surface area contributed by atoms with Gasteiger partial charge in [-0.15, -0.1) is 0 Å². The Hall–Kier alpha value is -2.97. The zero-order chi connectivity index (χ0) is 19.7. The van der Waals surface area contributed by atoms with E-state index in [1.165, 1.54) is 0 Å². The third-order valence-electron chi connectivity index (χ3n) is 5.00. The summed E-state index contributed by atoms with van der Waals surface area (Å²) in [6.07, 6.45) is 3.53. The van der Waals surface area contributed by atoms with Crippen LogP contribution in [0.15, 0.2) is 30.5 Å². The first-order chi connectivity index (χ1) is 13.6. The van der Waals surface area contributed by atoms with E-state index >= 15 is 0 Å². The Bertz CT molecular complexity index is 1110. The number of ether oxygens (including phenoxy) is 1. The lowest BCUT2D eigenvalue weighted by Crippen LogP contribution is -2.13. The van der Waals surface area contributed by atoms with Crippen molar-refractivity contribution < 1.29 is 4.74 Å². The number of aromatic amines is 1. The zero-order valence-electron chi connectivity index (χ0n) is 16.4. The molecule has 0 aliphatic carbocycles. The van der Waals surface area contributed by atoms with Crippen molar-refractivity contribution in [2.75, 3.05) is 26.1 Å². The Balaban J connectivity index is 1.72. The normalized spacial score (nSPS) is 12.7. The highest BCUT2D eigenvalue weighted by atomic mass is 16.5. The summed E-state index contributed by atoms with van der Waals surface area (Å²) in [5.74, 6) is 0.800. The van der Waals surface area contributed by atoms with Crippen molar-refractivity contribution >= 4 is 28.0 Å². The lowest BCUT2D eigenvalue weighted by atomic mass is 10.1. The van der Waals surface area contributed by atoms with Crippen LogP contribution in [-0.4, -0.2) is 45.3 Å². The van der Waals surface area contributed by atoms with Crippen molar-refractivity contribution in [3.63, 3.8) is 0 Å². The predicted molar refractivity (Wildman–Crippen MR) is 111 cm³/mol. The lowest BCUT2D eigenvalue weighted by Gasteiger charge is -2.11. The maximum atomic E-state index is 6.31. The molecular weight excluding hydrogens is 354 g/mol. The monoisotopic (exact) mass is 379 g/mol. The summed E-state index contributed by atoms with van der Waals surface area (Å²) in [5.41, 5.74) is 11.6. The first-order valence-corrected chi connectivity index (χ1v) is 9.36. The molecule has 4 aromatic heterocycles. The van der Waals surface area contributed by atoms with Crippen LogP contribution in [0.3, 0.4) is 0 Å². The van der Waals surface area contributed by atoms with Gasteiger partial charge in [-0.1, -0.05) is 6.07 Å². The average Bonchev–Trinajstić information content (AvgIpc) is 3.29. The van der Waals surface area contributed by atoms with Gasteiger partial charge in [-0.05, 0) is 31.0 Å². The van der Waals surface area contributed by atoms with Gasteiger partial charge in [0, 0.05) is 39.2 Å². The van der Waals surface area contributed by atoms with Crippen LogP contribution in [0.1, 0.15) is 24.6 Å². The van der Waals surface area contributed by atoms with Crippen molar-refractivity contribution in [2.45, 2.75) is 18.9 Å². The molecule has 8 heteroatoms. The van der Waals surface area contributed by atoms with Crippen LogP contribution in [0.5, 0.6) is 0 Å². The van der Waals surface area contributed by atoms with E-state index in [2.05, 4.69) is 26.3 Å². The van der Waals surface area contributed by atoms with Crippen LogP contribution < -0.4 is 11.1 Å². The van der Waals surface area contributed by atoms with Gasteiger partial charge in [-0.3, -0.25) is 0 Å². The highest BCUT2D eigenvalue weighted by Gasteiger charge is 2.15. The summed E-state index contributed by atoms with van der Waals surface area (Å²) in [7, 11) is 5.55. The van der Waals surface area contributed by atoms with Gasteiger partial charge < -0.3 is 25.3 Å². The number of anilines is 1. The molecule has 0 amide bonds. The fraction of sp³-hybridized carbons (Fsp3) is 0.350. The number of nitrogens with two attached hydrogens (primary N) is 1. The highest BCUT2D eigenvalue weighted by Crippen LogP contribution is 2.29. The van der Waals surface area contributed by atoms with Crippen LogP contribution in [-0.2, 0) is 11.8 Å². The smallest absolute Gasteiger partial charge is 0.203 e. The Morgan fingerprint density at radius 3 is 2.96 bits per heavy atom. The number of nitrogens with one attached hydrogen (secondary N) is 2. The van der Waals surface area contributed by atoms with Gasteiger partial charge >= 0.3 is 0 Å². The standard InChI is InChI=1S/C20H25N7O/c1-22-20-26-17-11-23-19-12(18(17)27(20)2)10-16(25-19)15-8-4-7-14(24-15)13(21)6-5-9-28-3/h4,7-8,10-11,13H,5-6,9,21H2,1-3H3,(H,22,26)(H,23,25)/t13-/m0/s1. The second kappa shape index (κ2) is 7.57. The minimum Gasteiger partial charge on any atom is -0.385 e. The molecule has 0 saturated carbocycles. The summed E-state index contributed by atoms with van der Waals surface area (Å²) < 4.78 is 7.14. The average molecular weight is 379 g/mol. The van der Waals surface area contributed by atoms with Crippen molar-refractivity contribution in [1.82, 2.24) is 24.5 Å². The number of hydrogen-bond acceptors (Lipinski definition) is 6. The largest absolute Gasteiger partial charge is 0.385 e. The van der Waals surface area contributed by atoms with Gasteiger partial charge in [0.25, 0.3) is 0 Å². The molecule has 1 atom stereocenters. The molecular formula is C20H25N7O. The molecule has 4 aromatic rings. The zero-order valence-corrected chi connectivity index (χ0v) is 16.4. The van der Waals surface area contributed by atoms with Gasteiger partial charge in [0.1, 0.15) is 11.2 Å². The molecule has 4 heterocycles. The minimum absolute atomic E-state index is 0.112. The first-order valence-electron chi connectivity index (χ1n) is 9.36. The molecule has 8 nitrogen and oxygen atoms in total. The van der Waals surface area contributed by atoms with Crippen LogP contribution in [0.25, 0.3) is 33.5 Å². The maximum absolute atomic E-state index is 6.31. The molecule has 0 aromatic carbocycles. The van der Waals surface area contributed by atoms with Crippen molar-refractivity contribution in [3.8, 4) is 11.4 Å². The second-order valence-corrected chi connectivity index (χ2v) is 6.87. The van der Waals surface area contributed by atoms with Crippen molar-refractivity contribution in [2.24, 2.45) is 12.8 Å². The molecule has 0 spiro atoms. The van der Waals surface area contributed by atoms with E-state index in [4.69, 9.17) is 15.5 Å². The van der Waals surface area contributed by atoms with Crippen LogP contribution in [0, 0.1) is 0 Å². The summed E-state index contributed by atoms with van der Waals surface area (Å²) in [5, 5.41) is 4.12. The number of nitrogens with zero attached hydrogens (tertiary/aromatic N) is 4. The summed E-state index contributed by atoms with van der Waals surface area (Å²) in [6, 6.07) is 7.91. The van der Waals surface area contributed by atoms with Crippen molar-refractivity contribution in [1.29, 1.82) is 0 Å². The third kappa shape index (κ3) is 3.21. The van der Waals surface area contributed by atoms with E-state index < -0.39 is 0 Å². The van der Waals surface area contributed by atoms with E-state index in [0.29, 0.717) is 6.61 Å². The maximum Gasteiger partial charge on any atom is 0.203 e. The number of imidazole rings is 1. The molecule has 0 aliphatic heterocycles. The lowest BCUT2D eigenvalue weighted by molar-refractivity contribution is 0.190. The molecule has 0 fully saturated rings. The fourth-order valence-electron chi connectivity index (χ4n) is 3.55. The molecule has 0 aliphatic rings. The van der Waals surface area contributed by atoms with Gasteiger partial charge in [-0.25, -0.2) is 15.0 Å². The molecule has 0 bridgehead atoms. The number of methoxy groups -OCH3 is 1. The van der Waals surface area contributed by atoms with Crippen LogP contribution in [0.4, 0.5) is 5.95 Å². The Morgan fingerprint density at radius 1 is 1.32 bits per heavy atom. The molecule has 28 heavy (non-hydrogen) atoms. The van der Waals surface area contributed by atoms with Gasteiger partial charge in [-0.2, -0.15) is 0 Å². The Kier molecular flexibility index (Phi) is 4.97. The van der Waals surface area contributed by atoms with E-state index in [9.17, 15) is 0 Å². The number of pyridine rings is 2. The number of aromatic nitrogens is 5. The third-order valence-corrected chi connectivity index (χ3v) is 5.00. The van der Waals surface area contributed by atoms with E-state index in [1.807, 2.05) is 36.9 Å². The Labute approximate surface area is 163 Å². The highest BCUT2D eigenvalue weighted by molar-refractivity contribution is 6.03. The molecule has 0 saturated heterocycles. The molecule has 0 radical (unpaired) electrons. The first kappa shape index (κ1) is 18.4. The van der Waals surface area contributed by atoms with E-state index in [-0.39, 0.29) is 6.04 Å². The van der Waals surface area contributed by atoms with Gasteiger partial charge in [0.2, 0.25) is 5.95 Å². The summed E-state index contributed by atoms with van der Waals surface area (Å²) in [4.78, 5) is 17.3. The fourth-order valence-corrected chi connectivity index (χ4v) is 3.55. The Morgan fingerprint density at radius 2 is 2.18 bits per heavy atom. The van der Waals surface area contributed by atoms with Gasteiger partial charge in [0.15, 0.2) is 0 Å². The quantitative estimate of drug-likeness (QED) is 0.426. The molecule has 0 unspecified atom stereocenters. The number of hydrogen-bond donors (Lipinski definition) is 3. The predicted octanol–water partition coefficient (Wildman–Crippen LogP) is 2.98. The number of H-pyrrole nitrogens is 1. The topological polar surface area (TPSA) is 107 Å². The van der Waals surface area contributed by atoms with E-state index in [1.54, 1.807) is 13.3 Å². The molecule has 4 N–H and O–H groups in total. The summed E-state index contributed by atoms with van der Waals surface area (Å²) in [6.45, 7) is 0.705. The van der Waals surface area contributed by atoms with E-state index in [0.717, 1.165) is 57.9 Å².